The lowest BCUT2D eigenvalue weighted by atomic mass is 10.00. The number of hydrogen-bond acceptors (Lipinski definition) is 5. The molecule has 0 saturated carbocycles. The monoisotopic (exact) mass is 489 g/mol. The zero-order valence-electron chi connectivity index (χ0n) is 18.7. The van der Waals surface area contributed by atoms with Gasteiger partial charge in [-0.25, -0.2) is 4.68 Å². The summed E-state index contributed by atoms with van der Waals surface area (Å²) in [5.41, 5.74) is 5.74. The number of thiophene rings is 1. The molecule has 0 spiro atoms. The molecule has 2 N–H and O–H groups in total. The molecular weight excluding hydrogens is 466 g/mol. The van der Waals surface area contributed by atoms with Gasteiger partial charge in [-0.2, -0.15) is 5.10 Å². The van der Waals surface area contributed by atoms with Crippen LogP contribution in [0.2, 0.25) is 5.15 Å². The van der Waals surface area contributed by atoms with Crippen LogP contribution in [-0.2, 0) is 19.5 Å². The minimum atomic E-state index is -0.425. The largest absolute Gasteiger partial charge is 0.352 e. The van der Waals surface area contributed by atoms with E-state index in [2.05, 4.69) is 44.9 Å². The molecule has 0 unspecified atom stereocenters. The van der Waals surface area contributed by atoms with Gasteiger partial charge in [-0.1, -0.05) is 60.1 Å². The number of nitrogens with one attached hydrogen (secondary N) is 2. The number of anilines is 1. The molecule has 172 valence electrons. The van der Waals surface area contributed by atoms with E-state index >= 15 is 0 Å². The quantitative estimate of drug-likeness (QED) is 0.408. The summed E-state index contributed by atoms with van der Waals surface area (Å²) < 4.78 is 1.72. The highest BCUT2D eigenvalue weighted by molar-refractivity contribution is 7.16. The van der Waals surface area contributed by atoms with Gasteiger partial charge in [-0.3, -0.25) is 9.69 Å². The van der Waals surface area contributed by atoms with Crippen molar-refractivity contribution in [2.24, 2.45) is 0 Å². The summed E-state index contributed by atoms with van der Waals surface area (Å²) in [6.45, 7) is 4.63. The van der Waals surface area contributed by atoms with E-state index in [1.165, 1.54) is 16.0 Å². The van der Waals surface area contributed by atoms with Crippen LogP contribution in [0.5, 0.6) is 0 Å². The lowest BCUT2D eigenvalue weighted by Gasteiger charge is -2.28. The van der Waals surface area contributed by atoms with Crippen LogP contribution in [0.15, 0.2) is 60.7 Å². The van der Waals surface area contributed by atoms with Crippen LogP contribution in [0, 0.1) is 6.92 Å². The van der Waals surface area contributed by atoms with Gasteiger partial charge >= 0.3 is 0 Å². The van der Waals surface area contributed by atoms with Gasteiger partial charge in [0.05, 0.1) is 22.5 Å². The number of aromatic nitrogens is 2. The van der Waals surface area contributed by atoms with Crippen molar-refractivity contribution in [3.8, 4) is 5.69 Å². The lowest BCUT2D eigenvalue weighted by Crippen LogP contribution is -2.39. The molecule has 6 nitrogen and oxygen atoms in total. The Morgan fingerprint density at radius 1 is 1.09 bits per heavy atom. The first-order valence-electron chi connectivity index (χ1n) is 11.4. The first kappa shape index (κ1) is 21.4. The van der Waals surface area contributed by atoms with Crippen LogP contribution >= 0.6 is 22.9 Å². The second-order valence-electron chi connectivity index (χ2n) is 8.74. The Morgan fingerprint density at radius 2 is 1.82 bits per heavy atom. The Hall–Kier alpha value is -3.13. The molecule has 1 amide bonds. The van der Waals surface area contributed by atoms with Gasteiger partial charge in [0.2, 0.25) is 0 Å². The number of amides is 1. The van der Waals surface area contributed by atoms with E-state index in [1.54, 1.807) is 16.0 Å². The second-order valence-corrected chi connectivity index (χ2v) is 10.2. The first-order chi connectivity index (χ1) is 16.6. The van der Waals surface area contributed by atoms with Crippen molar-refractivity contribution in [3.63, 3.8) is 0 Å². The number of aryl methyl sites for hydroxylation is 1. The maximum atomic E-state index is 13.2. The fourth-order valence-electron chi connectivity index (χ4n) is 4.87. The van der Waals surface area contributed by atoms with Crippen LogP contribution in [-0.4, -0.2) is 27.1 Å². The van der Waals surface area contributed by atoms with E-state index in [1.807, 2.05) is 43.3 Å². The third-order valence-corrected chi connectivity index (χ3v) is 8.01. The average Bonchev–Trinajstić information content (AvgIpc) is 3.36. The number of hydrogen-bond donors (Lipinski definition) is 2. The normalized spacial score (nSPS) is 17.6. The zero-order valence-corrected chi connectivity index (χ0v) is 20.3. The van der Waals surface area contributed by atoms with Crippen LogP contribution in [0.3, 0.4) is 0 Å². The van der Waals surface area contributed by atoms with Gasteiger partial charge in [0, 0.05) is 24.5 Å². The standard InChI is InChI=1S/C26H24ClN5OS/c1-16-21(23(27)32(30-16)18-10-6-3-7-11-18)24-28-25(33)22-19-12-13-31(14-17-8-4-2-5-9-17)15-20(19)34-26(22)29-24/h2-11,24,29H,12-15H2,1H3,(H,28,33)/t24-/m0/s1. The topological polar surface area (TPSA) is 62.2 Å². The maximum absolute atomic E-state index is 13.2. The molecule has 0 bridgehead atoms. The summed E-state index contributed by atoms with van der Waals surface area (Å²) >= 11 is 8.46. The number of carbonyl (C=O) groups is 1. The molecule has 4 aromatic rings. The number of nitrogens with zero attached hydrogens (tertiary/aromatic N) is 3. The molecule has 0 radical (unpaired) electrons. The molecule has 8 heteroatoms. The van der Waals surface area contributed by atoms with E-state index in [0.29, 0.717) is 5.15 Å². The third-order valence-electron chi connectivity index (χ3n) is 6.50. The van der Waals surface area contributed by atoms with Crippen molar-refractivity contribution < 1.29 is 4.79 Å². The highest BCUT2D eigenvalue weighted by atomic mass is 35.5. The van der Waals surface area contributed by atoms with E-state index in [-0.39, 0.29) is 5.91 Å². The van der Waals surface area contributed by atoms with Crippen molar-refractivity contribution in [2.45, 2.75) is 32.6 Å². The smallest absolute Gasteiger partial charge is 0.256 e. The molecule has 6 rings (SSSR count). The van der Waals surface area contributed by atoms with Crippen molar-refractivity contribution in [2.75, 3.05) is 11.9 Å². The van der Waals surface area contributed by atoms with Crippen molar-refractivity contribution in [3.05, 3.63) is 98.6 Å². The van der Waals surface area contributed by atoms with Gasteiger partial charge in [-0.05, 0) is 36.6 Å². The van der Waals surface area contributed by atoms with Crippen LogP contribution in [0.1, 0.15) is 43.8 Å². The van der Waals surface area contributed by atoms with Crippen molar-refractivity contribution >= 4 is 33.8 Å². The molecular formula is C26H24ClN5OS. The molecule has 2 aromatic heterocycles. The zero-order chi connectivity index (χ0) is 23.2. The Balaban J connectivity index is 1.27. The Bertz CT molecular complexity index is 1370. The average molecular weight is 490 g/mol. The van der Waals surface area contributed by atoms with Crippen molar-refractivity contribution in [1.82, 2.24) is 20.0 Å². The van der Waals surface area contributed by atoms with E-state index in [0.717, 1.165) is 53.6 Å². The van der Waals surface area contributed by atoms with Gasteiger partial charge in [0.25, 0.3) is 5.91 Å². The predicted molar refractivity (Wildman–Crippen MR) is 136 cm³/mol. The molecule has 0 fully saturated rings. The predicted octanol–water partition coefficient (Wildman–Crippen LogP) is 5.31. The Kier molecular flexibility index (Phi) is 5.40. The molecule has 34 heavy (non-hydrogen) atoms. The number of fused-ring (bicyclic) bond motifs is 3. The Labute approximate surface area is 207 Å². The minimum Gasteiger partial charge on any atom is -0.352 e. The van der Waals surface area contributed by atoms with Crippen LogP contribution in [0.25, 0.3) is 5.69 Å². The number of carbonyl (C=O) groups excluding carboxylic acids is 1. The molecule has 4 heterocycles. The SMILES string of the molecule is Cc1nn(-c2ccccc2)c(Cl)c1[C@H]1NC(=O)c2c(sc3c2CCN(Cc2ccccc2)C3)N1. The first-order valence-corrected chi connectivity index (χ1v) is 12.6. The summed E-state index contributed by atoms with van der Waals surface area (Å²) in [5.74, 6) is -0.0457. The minimum absolute atomic E-state index is 0.0457. The van der Waals surface area contributed by atoms with E-state index < -0.39 is 6.17 Å². The lowest BCUT2D eigenvalue weighted by molar-refractivity contribution is 0.0934. The molecule has 1 atom stereocenters. The maximum Gasteiger partial charge on any atom is 0.256 e. The molecule has 2 aliphatic rings. The molecule has 2 aliphatic heterocycles. The van der Waals surface area contributed by atoms with Crippen molar-refractivity contribution in [1.29, 1.82) is 0 Å². The fourth-order valence-corrected chi connectivity index (χ4v) is 6.57. The molecule has 0 aliphatic carbocycles. The second kappa shape index (κ2) is 8.58. The van der Waals surface area contributed by atoms with Crippen LogP contribution in [0.4, 0.5) is 5.00 Å². The van der Waals surface area contributed by atoms with Crippen LogP contribution < -0.4 is 10.6 Å². The summed E-state index contributed by atoms with van der Waals surface area (Å²) in [4.78, 5) is 17.0. The number of halogens is 1. The highest BCUT2D eigenvalue weighted by Gasteiger charge is 2.35. The third kappa shape index (κ3) is 3.70. The fraction of sp³-hybridized carbons (Fsp3) is 0.231. The van der Waals surface area contributed by atoms with Gasteiger partial charge in [0.15, 0.2) is 0 Å². The number of rotatable bonds is 4. The molecule has 2 aromatic carbocycles. The Morgan fingerprint density at radius 3 is 2.59 bits per heavy atom. The number of benzene rings is 2. The van der Waals surface area contributed by atoms with Gasteiger partial charge in [0.1, 0.15) is 16.3 Å². The highest BCUT2D eigenvalue weighted by Crippen LogP contribution is 2.42. The van der Waals surface area contributed by atoms with Gasteiger partial charge < -0.3 is 10.6 Å². The summed E-state index contributed by atoms with van der Waals surface area (Å²) in [5, 5.41) is 12.7. The number of para-hydroxylation sites is 1. The molecule has 0 saturated heterocycles. The summed E-state index contributed by atoms with van der Waals surface area (Å²) in [6, 6.07) is 20.3. The summed E-state index contributed by atoms with van der Waals surface area (Å²) in [6.07, 6.45) is 0.449. The van der Waals surface area contributed by atoms with E-state index in [4.69, 9.17) is 11.6 Å². The summed E-state index contributed by atoms with van der Waals surface area (Å²) in [7, 11) is 0. The van der Waals surface area contributed by atoms with E-state index in [9.17, 15) is 4.79 Å². The van der Waals surface area contributed by atoms with Gasteiger partial charge in [-0.15, -0.1) is 11.3 Å².